The fourth-order valence-corrected chi connectivity index (χ4v) is 4.69. The predicted molar refractivity (Wildman–Crippen MR) is 113 cm³/mol. The molecule has 0 aromatic heterocycles. The summed E-state index contributed by atoms with van der Waals surface area (Å²) in [6, 6.07) is 5.11. The molecule has 1 unspecified atom stereocenters. The summed E-state index contributed by atoms with van der Waals surface area (Å²) in [6.45, 7) is 3.77. The van der Waals surface area contributed by atoms with E-state index in [2.05, 4.69) is 4.40 Å². The number of anilines is 1. The van der Waals surface area contributed by atoms with Gasteiger partial charge in [0.25, 0.3) is 10.0 Å². The molecule has 31 heavy (non-hydrogen) atoms. The summed E-state index contributed by atoms with van der Waals surface area (Å²) in [4.78, 5) is 40.2. The Morgan fingerprint density at radius 3 is 2.68 bits per heavy atom. The van der Waals surface area contributed by atoms with E-state index in [1.54, 1.807) is 28.0 Å². The molecular weight excluding hydrogens is 422 g/mol. The number of ether oxygens (including phenoxy) is 1. The Bertz CT molecular complexity index is 1180. The molecule has 0 saturated heterocycles. The normalized spacial score (nSPS) is 19.7. The molecule has 9 nitrogen and oxygen atoms in total. The summed E-state index contributed by atoms with van der Waals surface area (Å²) in [6.07, 6.45) is 3.97. The molecule has 0 fully saturated rings. The number of benzene rings is 1. The minimum absolute atomic E-state index is 0.0477. The minimum atomic E-state index is -3.48. The van der Waals surface area contributed by atoms with E-state index >= 15 is 0 Å². The van der Waals surface area contributed by atoms with Crippen LogP contribution in [0.5, 0.6) is 0 Å². The second-order valence-electron chi connectivity index (χ2n) is 7.52. The van der Waals surface area contributed by atoms with Crippen molar-refractivity contribution in [3.63, 3.8) is 0 Å². The van der Waals surface area contributed by atoms with Crippen molar-refractivity contribution in [3.05, 3.63) is 53.3 Å². The lowest BCUT2D eigenvalue weighted by Gasteiger charge is -2.27. The first-order valence-corrected chi connectivity index (χ1v) is 11.4. The van der Waals surface area contributed by atoms with Crippen molar-refractivity contribution in [2.75, 3.05) is 23.7 Å². The zero-order valence-electron chi connectivity index (χ0n) is 17.1. The molecule has 1 aromatic carbocycles. The Balaban J connectivity index is 1.44. The molecule has 0 spiro atoms. The molecule has 0 bridgehead atoms. The van der Waals surface area contributed by atoms with Crippen LogP contribution in [0.15, 0.2) is 46.5 Å². The zero-order valence-corrected chi connectivity index (χ0v) is 17.9. The van der Waals surface area contributed by atoms with E-state index in [-0.39, 0.29) is 35.4 Å². The second-order valence-corrected chi connectivity index (χ2v) is 9.28. The van der Waals surface area contributed by atoms with Crippen LogP contribution < -0.4 is 4.90 Å². The average molecular weight is 443 g/mol. The van der Waals surface area contributed by atoms with E-state index in [0.717, 1.165) is 11.3 Å². The van der Waals surface area contributed by atoms with Crippen LogP contribution in [0.4, 0.5) is 5.69 Å². The summed E-state index contributed by atoms with van der Waals surface area (Å²) < 4.78 is 32.2. The molecule has 3 aliphatic rings. The number of carbonyl (C=O) groups excluding carboxylic acids is 3. The first-order chi connectivity index (χ1) is 14.6. The van der Waals surface area contributed by atoms with Gasteiger partial charge in [0.2, 0.25) is 11.7 Å². The molecule has 1 aromatic rings. The molecule has 3 heterocycles. The van der Waals surface area contributed by atoms with E-state index < -0.39 is 22.1 Å². The maximum atomic E-state index is 12.8. The van der Waals surface area contributed by atoms with E-state index in [1.165, 1.54) is 32.2 Å². The Kier molecular flexibility index (Phi) is 5.26. The second kappa shape index (κ2) is 7.77. The van der Waals surface area contributed by atoms with Gasteiger partial charge in [-0.3, -0.25) is 9.59 Å². The first-order valence-electron chi connectivity index (χ1n) is 9.80. The summed E-state index contributed by atoms with van der Waals surface area (Å²) >= 11 is 0. The molecule has 1 atom stereocenters. The molecule has 3 aliphatic heterocycles. The van der Waals surface area contributed by atoms with Crippen LogP contribution in [0.1, 0.15) is 29.8 Å². The molecule has 162 valence electrons. The molecule has 0 radical (unpaired) electrons. The van der Waals surface area contributed by atoms with Crippen LogP contribution in [0.2, 0.25) is 0 Å². The lowest BCUT2D eigenvalue weighted by atomic mass is 10.0. The van der Waals surface area contributed by atoms with Gasteiger partial charge in [0, 0.05) is 37.5 Å². The highest BCUT2D eigenvalue weighted by molar-refractivity contribution is 7.90. The van der Waals surface area contributed by atoms with Crippen molar-refractivity contribution >= 4 is 39.2 Å². The number of ketones is 1. The highest BCUT2D eigenvalue weighted by Gasteiger charge is 2.28. The number of nitrogens with zero attached hydrogens (tertiary/aromatic N) is 3. The maximum Gasteiger partial charge on any atom is 0.340 e. The molecule has 0 aliphatic carbocycles. The molecule has 0 N–H and O–H groups in total. The lowest BCUT2D eigenvalue weighted by Crippen LogP contribution is -2.37. The number of rotatable bonds is 4. The topological polar surface area (TPSA) is 113 Å². The van der Waals surface area contributed by atoms with Crippen LogP contribution in [0.3, 0.4) is 0 Å². The van der Waals surface area contributed by atoms with Crippen molar-refractivity contribution in [3.8, 4) is 0 Å². The Morgan fingerprint density at radius 1 is 1.16 bits per heavy atom. The number of Topliss-reactive ketones (excluding diaryl/α,β-unsaturated/α-hetero) is 1. The van der Waals surface area contributed by atoms with Crippen molar-refractivity contribution in [1.29, 1.82) is 0 Å². The van der Waals surface area contributed by atoms with E-state index in [1.807, 2.05) is 0 Å². The van der Waals surface area contributed by atoms with Gasteiger partial charge in [0.15, 0.2) is 6.10 Å². The van der Waals surface area contributed by atoms with E-state index in [9.17, 15) is 22.8 Å². The smallest absolute Gasteiger partial charge is 0.340 e. The number of amidine groups is 1. The number of hydrogen-bond acceptors (Lipinski definition) is 7. The van der Waals surface area contributed by atoms with Crippen molar-refractivity contribution < 1.29 is 27.5 Å². The van der Waals surface area contributed by atoms with Gasteiger partial charge in [-0.05, 0) is 49.3 Å². The van der Waals surface area contributed by atoms with Crippen LogP contribution in [-0.4, -0.2) is 61.8 Å². The monoisotopic (exact) mass is 443 g/mol. The third-order valence-electron chi connectivity index (χ3n) is 5.35. The van der Waals surface area contributed by atoms with Gasteiger partial charge in [-0.25, -0.2) is 13.2 Å². The van der Waals surface area contributed by atoms with Crippen molar-refractivity contribution in [2.45, 2.75) is 26.4 Å². The summed E-state index contributed by atoms with van der Waals surface area (Å²) in [7, 11) is -3.48. The predicted octanol–water partition coefficient (Wildman–Crippen LogP) is 1.21. The van der Waals surface area contributed by atoms with Crippen molar-refractivity contribution in [1.82, 2.24) is 4.90 Å². The molecule has 1 amide bonds. The number of hydrogen-bond donors (Lipinski definition) is 0. The summed E-state index contributed by atoms with van der Waals surface area (Å²) in [5.41, 5.74) is 2.31. The fourth-order valence-electron chi connectivity index (χ4n) is 3.72. The highest BCUT2D eigenvalue weighted by atomic mass is 32.2. The van der Waals surface area contributed by atoms with Gasteiger partial charge in [-0.1, -0.05) is 0 Å². The molecule has 4 rings (SSSR count). The third kappa shape index (κ3) is 4.15. The number of fused-ring (bicyclic) bond motifs is 2. The molecule has 10 heteroatoms. The number of sulfonamides is 1. The maximum absolute atomic E-state index is 12.8. The zero-order chi connectivity index (χ0) is 22.3. The van der Waals surface area contributed by atoms with E-state index in [4.69, 9.17) is 4.74 Å². The quantitative estimate of drug-likeness (QED) is 0.508. The standard InChI is InChI=1S/C21H21N3O6S/c1-13(20(26)16-3-5-18-15(11-16)7-8-24(18)14(2)25)30-21(27)17-4-6-19-22-31(28,29)10-9-23(19)12-17/h3-6,11-13H,7-10H2,1-2H3. The first kappa shape index (κ1) is 21.0. The summed E-state index contributed by atoms with van der Waals surface area (Å²) in [5.74, 6) is -0.979. The lowest BCUT2D eigenvalue weighted by molar-refractivity contribution is -0.141. The van der Waals surface area contributed by atoms with Crippen LogP contribution >= 0.6 is 0 Å². The summed E-state index contributed by atoms with van der Waals surface area (Å²) in [5, 5.41) is 0. The van der Waals surface area contributed by atoms with Gasteiger partial charge in [-0.15, -0.1) is 4.40 Å². The Hall–Kier alpha value is -3.27. The Morgan fingerprint density at radius 2 is 1.94 bits per heavy atom. The average Bonchev–Trinajstić information content (AvgIpc) is 3.15. The number of esters is 1. The largest absolute Gasteiger partial charge is 0.451 e. The van der Waals surface area contributed by atoms with Gasteiger partial charge >= 0.3 is 5.97 Å². The minimum Gasteiger partial charge on any atom is -0.451 e. The molecular formula is C21H21N3O6S. The number of amides is 1. The van der Waals surface area contributed by atoms with Crippen LogP contribution in [-0.2, 0) is 30.8 Å². The van der Waals surface area contributed by atoms with Crippen LogP contribution in [0.25, 0.3) is 0 Å². The van der Waals surface area contributed by atoms with Gasteiger partial charge in [-0.2, -0.15) is 0 Å². The van der Waals surface area contributed by atoms with Gasteiger partial charge in [0.1, 0.15) is 5.84 Å². The fraction of sp³-hybridized carbons (Fsp3) is 0.333. The SMILES string of the molecule is CC(=O)N1CCc2cc(C(=O)C(C)OC(=O)C3=CN4CCS(=O)(=O)N=C4C=C3)ccc21. The molecule has 0 saturated carbocycles. The van der Waals surface area contributed by atoms with Gasteiger partial charge < -0.3 is 14.5 Å². The number of carbonyl (C=O) groups is 3. The Labute approximate surface area is 179 Å². The van der Waals surface area contributed by atoms with Crippen molar-refractivity contribution in [2.24, 2.45) is 4.40 Å². The third-order valence-corrected chi connectivity index (χ3v) is 6.52. The van der Waals surface area contributed by atoms with Gasteiger partial charge in [0.05, 0.1) is 11.3 Å². The highest BCUT2D eigenvalue weighted by Crippen LogP contribution is 2.29. The van der Waals surface area contributed by atoms with E-state index in [0.29, 0.717) is 18.5 Å². The van der Waals surface area contributed by atoms with Crippen LogP contribution in [0, 0.1) is 0 Å².